The standard InChI is InChI=1S/C15H14/c1-9-13-7-11-6-10-4-2-3-5-12(10)15(11)8-14(9)13/h2-5,7-9,13-14H,6H2,1H3. The maximum absolute atomic E-state index is 2.53. The predicted octanol–water partition coefficient (Wildman–Crippen LogP) is 3.45. The fraction of sp³-hybridized carbons (Fsp3) is 0.333. The lowest BCUT2D eigenvalue weighted by atomic mass is 9.98. The highest BCUT2D eigenvalue weighted by atomic mass is 14.5. The molecule has 0 amide bonds. The van der Waals surface area contributed by atoms with Gasteiger partial charge in [-0.15, -0.1) is 0 Å². The van der Waals surface area contributed by atoms with E-state index in [1.54, 1.807) is 5.57 Å². The molecule has 1 fully saturated rings. The van der Waals surface area contributed by atoms with Gasteiger partial charge < -0.3 is 0 Å². The molecule has 0 N–H and O–H groups in total. The van der Waals surface area contributed by atoms with Crippen molar-refractivity contribution in [3.05, 3.63) is 53.1 Å². The summed E-state index contributed by atoms with van der Waals surface area (Å²) in [5.41, 5.74) is 6.13. The van der Waals surface area contributed by atoms with Crippen LogP contribution in [0.15, 0.2) is 42.0 Å². The Morgan fingerprint density at radius 2 is 1.87 bits per heavy atom. The molecule has 0 spiro atoms. The Morgan fingerprint density at radius 3 is 2.80 bits per heavy atom. The fourth-order valence-corrected chi connectivity index (χ4v) is 3.23. The molecule has 74 valence electrons. The number of hydrogen-bond acceptors (Lipinski definition) is 0. The topological polar surface area (TPSA) is 0 Å². The van der Waals surface area contributed by atoms with Crippen molar-refractivity contribution in [1.82, 2.24) is 0 Å². The summed E-state index contributed by atoms with van der Waals surface area (Å²) in [4.78, 5) is 0. The lowest BCUT2D eigenvalue weighted by molar-refractivity contribution is 0.883. The van der Waals surface area contributed by atoms with Gasteiger partial charge in [0.15, 0.2) is 0 Å². The highest BCUT2D eigenvalue weighted by molar-refractivity contribution is 5.87. The minimum atomic E-state index is 0.843. The van der Waals surface area contributed by atoms with Crippen LogP contribution >= 0.6 is 0 Å². The summed E-state index contributed by atoms with van der Waals surface area (Å²) in [6.07, 6.45) is 6.22. The summed E-state index contributed by atoms with van der Waals surface area (Å²) >= 11 is 0. The van der Waals surface area contributed by atoms with Gasteiger partial charge in [0.1, 0.15) is 0 Å². The van der Waals surface area contributed by atoms with E-state index in [9.17, 15) is 0 Å². The van der Waals surface area contributed by atoms with Crippen molar-refractivity contribution in [2.45, 2.75) is 13.3 Å². The molecular formula is C15H14. The SMILES string of the molecule is CC1C2C=C3Cc4ccccc4C3=CC12. The van der Waals surface area contributed by atoms with E-state index in [0.29, 0.717) is 0 Å². The zero-order valence-electron chi connectivity index (χ0n) is 8.90. The molecule has 0 saturated heterocycles. The molecule has 0 bridgehead atoms. The van der Waals surface area contributed by atoms with Crippen molar-refractivity contribution in [2.75, 3.05) is 0 Å². The van der Waals surface area contributed by atoms with E-state index in [-0.39, 0.29) is 0 Å². The van der Waals surface area contributed by atoms with Gasteiger partial charge in [-0.05, 0) is 46.4 Å². The summed E-state index contributed by atoms with van der Waals surface area (Å²) in [5.74, 6) is 2.59. The fourth-order valence-electron chi connectivity index (χ4n) is 3.23. The molecule has 0 radical (unpaired) electrons. The molecule has 3 unspecified atom stereocenters. The van der Waals surface area contributed by atoms with Crippen LogP contribution in [-0.4, -0.2) is 0 Å². The molecule has 1 aromatic carbocycles. The van der Waals surface area contributed by atoms with Gasteiger partial charge in [-0.25, -0.2) is 0 Å². The Kier molecular flexibility index (Phi) is 1.29. The minimum absolute atomic E-state index is 0.843. The third kappa shape index (κ3) is 0.923. The normalized spacial score (nSPS) is 34.9. The number of hydrogen-bond donors (Lipinski definition) is 0. The zero-order valence-corrected chi connectivity index (χ0v) is 8.90. The second-order valence-corrected chi connectivity index (χ2v) is 5.12. The first-order valence-electron chi connectivity index (χ1n) is 5.86. The quantitative estimate of drug-likeness (QED) is 0.593. The Hall–Kier alpha value is -1.30. The average molecular weight is 194 g/mol. The van der Waals surface area contributed by atoms with Gasteiger partial charge in [0.05, 0.1) is 0 Å². The molecule has 4 rings (SSSR count). The highest BCUT2D eigenvalue weighted by Gasteiger charge is 2.46. The Labute approximate surface area is 90.3 Å². The van der Waals surface area contributed by atoms with Crippen LogP contribution in [0.1, 0.15) is 18.1 Å². The minimum Gasteiger partial charge on any atom is -0.0764 e. The summed E-state index contributed by atoms with van der Waals surface area (Å²) in [6, 6.07) is 8.85. The third-order valence-corrected chi connectivity index (χ3v) is 4.30. The van der Waals surface area contributed by atoms with E-state index in [2.05, 4.69) is 43.3 Å². The molecule has 0 nitrogen and oxygen atoms in total. The molecule has 15 heavy (non-hydrogen) atoms. The molecule has 0 heteroatoms. The van der Waals surface area contributed by atoms with Crippen LogP contribution in [0, 0.1) is 17.8 Å². The second kappa shape index (κ2) is 2.44. The Bertz CT molecular complexity index is 505. The van der Waals surface area contributed by atoms with Gasteiger partial charge in [0.2, 0.25) is 0 Å². The van der Waals surface area contributed by atoms with Crippen LogP contribution in [0.5, 0.6) is 0 Å². The van der Waals surface area contributed by atoms with Crippen molar-refractivity contribution in [3.8, 4) is 0 Å². The van der Waals surface area contributed by atoms with Crippen molar-refractivity contribution >= 4 is 5.57 Å². The van der Waals surface area contributed by atoms with Crippen molar-refractivity contribution in [1.29, 1.82) is 0 Å². The lowest BCUT2D eigenvalue weighted by Crippen LogP contribution is -1.90. The largest absolute Gasteiger partial charge is 0.0764 e. The molecule has 3 aliphatic rings. The lowest BCUT2D eigenvalue weighted by Gasteiger charge is -2.06. The van der Waals surface area contributed by atoms with Crippen LogP contribution in [0.4, 0.5) is 0 Å². The maximum atomic E-state index is 2.53. The van der Waals surface area contributed by atoms with Gasteiger partial charge in [-0.1, -0.05) is 43.3 Å². The van der Waals surface area contributed by atoms with Crippen LogP contribution in [0.3, 0.4) is 0 Å². The molecule has 0 heterocycles. The number of allylic oxidation sites excluding steroid dienone is 4. The average Bonchev–Trinajstić information content (AvgIpc) is 2.75. The van der Waals surface area contributed by atoms with Gasteiger partial charge in [-0.2, -0.15) is 0 Å². The van der Waals surface area contributed by atoms with Gasteiger partial charge in [0.25, 0.3) is 0 Å². The molecule has 1 saturated carbocycles. The van der Waals surface area contributed by atoms with Crippen LogP contribution in [0.25, 0.3) is 5.57 Å². The van der Waals surface area contributed by atoms with Crippen molar-refractivity contribution in [2.24, 2.45) is 17.8 Å². The van der Waals surface area contributed by atoms with E-state index in [1.165, 1.54) is 16.7 Å². The second-order valence-electron chi connectivity index (χ2n) is 5.12. The molecule has 0 aromatic heterocycles. The van der Waals surface area contributed by atoms with E-state index >= 15 is 0 Å². The van der Waals surface area contributed by atoms with E-state index in [0.717, 1.165) is 24.2 Å². The Balaban J connectivity index is 1.90. The molecule has 0 aliphatic heterocycles. The molecule has 3 aliphatic carbocycles. The maximum Gasteiger partial charge on any atom is -0.00166 e. The summed E-state index contributed by atoms with van der Waals surface area (Å²) in [5, 5.41) is 0. The van der Waals surface area contributed by atoms with Crippen LogP contribution in [0.2, 0.25) is 0 Å². The van der Waals surface area contributed by atoms with Gasteiger partial charge in [-0.3, -0.25) is 0 Å². The van der Waals surface area contributed by atoms with E-state index in [4.69, 9.17) is 0 Å². The number of rotatable bonds is 0. The van der Waals surface area contributed by atoms with Crippen LogP contribution in [-0.2, 0) is 6.42 Å². The van der Waals surface area contributed by atoms with Crippen molar-refractivity contribution in [3.63, 3.8) is 0 Å². The van der Waals surface area contributed by atoms with Gasteiger partial charge in [0, 0.05) is 0 Å². The van der Waals surface area contributed by atoms with Crippen molar-refractivity contribution < 1.29 is 0 Å². The smallest absolute Gasteiger partial charge is 0.00166 e. The summed E-state index contributed by atoms with van der Waals surface area (Å²) in [6.45, 7) is 2.37. The highest BCUT2D eigenvalue weighted by Crippen LogP contribution is 2.55. The molecule has 3 atom stereocenters. The monoisotopic (exact) mass is 194 g/mol. The Morgan fingerprint density at radius 1 is 1.07 bits per heavy atom. The predicted molar refractivity (Wildman–Crippen MR) is 62.4 cm³/mol. The molecule has 1 aromatic rings. The summed E-state index contributed by atoms with van der Waals surface area (Å²) in [7, 11) is 0. The first kappa shape index (κ1) is 7.92. The number of benzene rings is 1. The van der Waals surface area contributed by atoms with Gasteiger partial charge >= 0.3 is 0 Å². The number of fused-ring (bicyclic) bond motifs is 4. The van der Waals surface area contributed by atoms with Crippen LogP contribution < -0.4 is 0 Å². The zero-order chi connectivity index (χ0) is 9.99. The third-order valence-electron chi connectivity index (χ3n) is 4.30. The molecular weight excluding hydrogens is 180 g/mol. The first-order valence-corrected chi connectivity index (χ1v) is 5.86. The van der Waals surface area contributed by atoms with E-state index < -0.39 is 0 Å². The summed E-state index contributed by atoms with van der Waals surface area (Å²) < 4.78 is 0. The first-order chi connectivity index (χ1) is 7.34. The van der Waals surface area contributed by atoms with E-state index in [1.807, 2.05) is 0 Å².